The second kappa shape index (κ2) is 3.06. The molecule has 4 heteroatoms. The lowest BCUT2D eigenvalue weighted by molar-refractivity contribution is 0.470. The third kappa shape index (κ3) is 1.42. The first kappa shape index (κ1) is 8.62. The number of aromatic nitrogens is 2. The summed E-state index contributed by atoms with van der Waals surface area (Å²) in [7, 11) is 0. The van der Waals surface area contributed by atoms with Gasteiger partial charge in [0.05, 0.1) is 23.8 Å². The molecule has 0 aliphatic carbocycles. The van der Waals surface area contributed by atoms with Gasteiger partial charge >= 0.3 is 0 Å². The van der Waals surface area contributed by atoms with Crippen LogP contribution >= 0.6 is 0 Å². The summed E-state index contributed by atoms with van der Waals surface area (Å²) < 4.78 is 1.62. The minimum absolute atomic E-state index is 0.261. The van der Waals surface area contributed by atoms with Gasteiger partial charge in [0.15, 0.2) is 0 Å². The molecule has 0 saturated heterocycles. The van der Waals surface area contributed by atoms with Gasteiger partial charge in [-0.1, -0.05) is 6.07 Å². The van der Waals surface area contributed by atoms with Crippen LogP contribution in [-0.4, -0.2) is 14.9 Å². The van der Waals surface area contributed by atoms with Crippen LogP contribution in [0.3, 0.4) is 0 Å². The SMILES string of the molecule is Cc1ccc(-n2cc(N)cn2)cc1O. The molecule has 0 spiro atoms. The van der Waals surface area contributed by atoms with E-state index in [-0.39, 0.29) is 5.75 Å². The van der Waals surface area contributed by atoms with E-state index in [9.17, 15) is 5.11 Å². The molecule has 0 saturated carbocycles. The van der Waals surface area contributed by atoms with Crippen molar-refractivity contribution >= 4 is 5.69 Å². The van der Waals surface area contributed by atoms with Crippen LogP contribution in [0.1, 0.15) is 5.56 Å². The van der Waals surface area contributed by atoms with Crippen molar-refractivity contribution in [2.75, 3.05) is 5.73 Å². The smallest absolute Gasteiger partial charge is 0.120 e. The highest BCUT2D eigenvalue weighted by atomic mass is 16.3. The number of nitrogens with two attached hydrogens (primary N) is 1. The summed E-state index contributed by atoms with van der Waals surface area (Å²) in [4.78, 5) is 0. The number of anilines is 1. The number of phenolic OH excluding ortho intramolecular Hbond substituents is 1. The number of benzene rings is 1. The summed E-state index contributed by atoms with van der Waals surface area (Å²) in [6, 6.07) is 5.37. The Balaban J connectivity index is 2.47. The third-order valence-electron chi connectivity index (χ3n) is 2.06. The van der Waals surface area contributed by atoms with Crippen molar-refractivity contribution in [1.29, 1.82) is 0 Å². The molecule has 0 radical (unpaired) electrons. The Morgan fingerprint density at radius 2 is 2.21 bits per heavy atom. The second-order valence-electron chi connectivity index (χ2n) is 3.19. The Bertz CT molecular complexity index is 462. The van der Waals surface area contributed by atoms with Gasteiger partial charge in [0.1, 0.15) is 5.75 Å². The fourth-order valence-corrected chi connectivity index (χ4v) is 1.22. The number of nitrogens with zero attached hydrogens (tertiary/aromatic N) is 2. The first-order valence-corrected chi connectivity index (χ1v) is 4.27. The zero-order chi connectivity index (χ0) is 10.1. The van der Waals surface area contributed by atoms with Crippen LogP contribution in [0.25, 0.3) is 5.69 Å². The second-order valence-corrected chi connectivity index (χ2v) is 3.19. The van der Waals surface area contributed by atoms with Crippen molar-refractivity contribution in [2.45, 2.75) is 6.92 Å². The predicted octanol–water partition coefficient (Wildman–Crippen LogP) is 1.47. The first-order chi connectivity index (χ1) is 6.66. The lowest BCUT2D eigenvalue weighted by Gasteiger charge is -2.03. The van der Waals surface area contributed by atoms with Crippen LogP contribution in [0.15, 0.2) is 30.6 Å². The van der Waals surface area contributed by atoms with Crippen molar-refractivity contribution < 1.29 is 5.11 Å². The number of nitrogen functional groups attached to an aromatic ring is 1. The van der Waals surface area contributed by atoms with Crippen molar-refractivity contribution in [2.24, 2.45) is 0 Å². The number of hydrogen-bond donors (Lipinski definition) is 2. The molecule has 0 bridgehead atoms. The quantitative estimate of drug-likeness (QED) is 0.714. The van der Waals surface area contributed by atoms with E-state index in [4.69, 9.17) is 5.73 Å². The number of hydrogen-bond acceptors (Lipinski definition) is 3. The molecule has 0 aliphatic heterocycles. The highest BCUT2D eigenvalue weighted by molar-refractivity contribution is 5.44. The predicted molar refractivity (Wildman–Crippen MR) is 54.4 cm³/mol. The van der Waals surface area contributed by atoms with Gasteiger partial charge in [-0.3, -0.25) is 0 Å². The number of aryl methyl sites for hydroxylation is 1. The third-order valence-corrected chi connectivity index (χ3v) is 2.06. The summed E-state index contributed by atoms with van der Waals surface area (Å²) in [5.74, 6) is 0.261. The lowest BCUT2D eigenvalue weighted by atomic mass is 10.2. The highest BCUT2D eigenvalue weighted by Crippen LogP contribution is 2.20. The van der Waals surface area contributed by atoms with Crippen molar-refractivity contribution in [3.8, 4) is 11.4 Å². The molecule has 0 atom stereocenters. The maximum atomic E-state index is 9.50. The van der Waals surface area contributed by atoms with E-state index in [0.29, 0.717) is 5.69 Å². The van der Waals surface area contributed by atoms with E-state index in [1.165, 1.54) is 0 Å². The molecule has 2 aromatic rings. The summed E-state index contributed by atoms with van der Waals surface area (Å²) in [6.07, 6.45) is 3.26. The molecule has 14 heavy (non-hydrogen) atoms. The average molecular weight is 189 g/mol. The van der Waals surface area contributed by atoms with Gasteiger partial charge < -0.3 is 10.8 Å². The van der Waals surface area contributed by atoms with Crippen LogP contribution in [0.5, 0.6) is 5.75 Å². The Labute approximate surface area is 81.6 Å². The molecule has 3 N–H and O–H groups in total. The van der Waals surface area contributed by atoms with Gasteiger partial charge in [-0.2, -0.15) is 5.10 Å². The van der Waals surface area contributed by atoms with E-state index < -0.39 is 0 Å². The molecule has 0 amide bonds. The minimum atomic E-state index is 0.261. The summed E-state index contributed by atoms with van der Waals surface area (Å²) in [5, 5.41) is 13.5. The molecular formula is C10H11N3O. The van der Waals surface area contributed by atoms with E-state index >= 15 is 0 Å². The van der Waals surface area contributed by atoms with E-state index in [1.807, 2.05) is 19.1 Å². The van der Waals surface area contributed by atoms with Crippen LogP contribution in [0.2, 0.25) is 0 Å². The van der Waals surface area contributed by atoms with Crippen molar-refractivity contribution in [3.63, 3.8) is 0 Å². The summed E-state index contributed by atoms with van der Waals surface area (Å²) >= 11 is 0. The molecule has 1 aromatic heterocycles. The van der Waals surface area contributed by atoms with Crippen LogP contribution in [-0.2, 0) is 0 Å². The first-order valence-electron chi connectivity index (χ1n) is 4.27. The average Bonchev–Trinajstić information content (AvgIpc) is 2.57. The fraction of sp³-hybridized carbons (Fsp3) is 0.100. The van der Waals surface area contributed by atoms with E-state index in [1.54, 1.807) is 23.1 Å². The van der Waals surface area contributed by atoms with Gasteiger partial charge in [-0.15, -0.1) is 0 Å². The number of rotatable bonds is 1. The molecule has 0 aliphatic rings. The molecule has 1 aromatic carbocycles. The van der Waals surface area contributed by atoms with E-state index in [2.05, 4.69) is 5.10 Å². The maximum absolute atomic E-state index is 9.50. The number of aromatic hydroxyl groups is 1. The molecule has 2 rings (SSSR count). The molecule has 0 unspecified atom stereocenters. The fourth-order valence-electron chi connectivity index (χ4n) is 1.22. The molecule has 1 heterocycles. The zero-order valence-corrected chi connectivity index (χ0v) is 7.81. The topological polar surface area (TPSA) is 64.1 Å². The van der Waals surface area contributed by atoms with Gasteiger partial charge in [-0.25, -0.2) is 4.68 Å². The van der Waals surface area contributed by atoms with Crippen molar-refractivity contribution in [3.05, 3.63) is 36.2 Å². The molecule has 4 nitrogen and oxygen atoms in total. The largest absolute Gasteiger partial charge is 0.508 e. The molecule has 0 fully saturated rings. The number of phenols is 1. The van der Waals surface area contributed by atoms with Crippen LogP contribution < -0.4 is 5.73 Å². The minimum Gasteiger partial charge on any atom is -0.508 e. The van der Waals surface area contributed by atoms with Gasteiger partial charge in [-0.05, 0) is 18.6 Å². The monoisotopic (exact) mass is 189 g/mol. The maximum Gasteiger partial charge on any atom is 0.120 e. The Hall–Kier alpha value is -1.97. The van der Waals surface area contributed by atoms with Crippen LogP contribution in [0.4, 0.5) is 5.69 Å². The van der Waals surface area contributed by atoms with Gasteiger partial charge in [0.25, 0.3) is 0 Å². The standard InChI is InChI=1S/C10H11N3O/c1-7-2-3-9(4-10(7)14)13-6-8(11)5-12-13/h2-6,14H,11H2,1H3. The highest BCUT2D eigenvalue weighted by Gasteiger charge is 2.01. The van der Waals surface area contributed by atoms with Crippen molar-refractivity contribution in [1.82, 2.24) is 9.78 Å². The molecule has 72 valence electrons. The van der Waals surface area contributed by atoms with Crippen LogP contribution in [0, 0.1) is 6.92 Å². The molecular weight excluding hydrogens is 178 g/mol. The zero-order valence-electron chi connectivity index (χ0n) is 7.81. The summed E-state index contributed by atoms with van der Waals surface area (Å²) in [6.45, 7) is 1.84. The van der Waals surface area contributed by atoms with Gasteiger partial charge in [0, 0.05) is 6.07 Å². The Kier molecular flexibility index (Phi) is 1.89. The normalized spacial score (nSPS) is 10.4. The van der Waals surface area contributed by atoms with Gasteiger partial charge in [0.2, 0.25) is 0 Å². The Morgan fingerprint density at radius 1 is 1.43 bits per heavy atom. The summed E-state index contributed by atoms with van der Waals surface area (Å²) in [5.41, 5.74) is 7.78. The Morgan fingerprint density at radius 3 is 2.79 bits per heavy atom. The van der Waals surface area contributed by atoms with E-state index in [0.717, 1.165) is 11.3 Å². The lowest BCUT2D eigenvalue weighted by Crippen LogP contribution is -1.94.